The van der Waals surface area contributed by atoms with E-state index in [2.05, 4.69) is 20.6 Å². The summed E-state index contributed by atoms with van der Waals surface area (Å²) in [5.41, 5.74) is 2.64. The molecule has 0 bridgehead atoms. The van der Waals surface area contributed by atoms with Gasteiger partial charge in [-0.2, -0.15) is 5.26 Å². The molecule has 1 aliphatic heterocycles. The van der Waals surface area contributed by atoms with Crippen LogP contribution < -0.4 is 10.6 Å². The van der Waals surface area contributed by atoms with Gasteiger partial charge in [0.15, 0.2) is 11.6 Å². The summed E-state index contributed by atoms with van der Waals surface area (Å²) in [6.07, 6.45) is 3.57. The predicted molar refractivity (Wildman–Crippen MR) is 132 cm³/mol. The van der Waals surface area contributed by atoms with Gasteiger partial charge < -0.3 is 20.3 Å². The molecule has 1 unspecified atom stereocenters. The van der Waals surface area contributed by atoms with Gasteiger partial charge in [-0.15, -0.1) is 11.3 Å². The Bertz CT molecular complexity index is 1360. The zero-order valence-electron chi connectivity index (χ0n) is 19.4. The smallest absolute Gasteiger partial charge is 0.254 e. The lowest BCUT2D eigenvalue weighted by Gasteiger charge is -2.27. The minimum absolute atomic E-state index is 0.0389. The third-order valence-electron chi connectivity index (χ3n) is 6.01. The van der Waals surface area contributed by atoms with E-state index in [0.29, 0.717) is 47.2 Å². The highest BCUT2D eigenvalue weighted by molar-refractivity contribution is 7.18. The Labute approximate surface area is 211 Å². The number of nitriles is 1. The first-order valence-corrected chi connectivity index (χ1v) is 12.5. The second-order valence-corrected chi connectivity index (χ2v) is 9.77. The maximum atomic E-state index is 12.9. The largest absolute Gasteiger partial charge is 0.378 e. The van der Waals surface area contributed by atoms with Crippen LogP contribution in [0.4, 0.5) is 0 Å². The van der Waals surface area contributed by atoms with Gasteiger partial charge in [0.1, 0.15) is 5.01 Å². The van der Waals surface area contributed by atoms with Crippen LogP contribution in [0, 0.1) is 11.3 Å². The van der Waals surface area contributed by atoms with Crippen molar-refractivity contribution in [2.75, 3.05) is 32.8 Å². The van der Waals surface area contributed by atoms with Crippen molar-refractivity contribution in [3.05, 3.63) is 47.1 Å². The molecule has 5 rings (SSSR count). The van der Waals surface area contributed by atoms with Crippen molar-refractivity contribution in [3.63, 3.8) is 0 Å². The van der Waals surface area contributed by atoms with E-state index in [4.69, 9.17) is 4.74 Å². The van der Waals surface area contributed by atoms with Gasteiger partial charge >= 0.3 is 0 Å². The average Bonchev–Trinajstić information content (AvgIpc) is 3.63. The molecule has 1 saturated carbocycles. The monoisotopic (exact) mass is 504 g/mol. The lowest BCUT2D eigenvalue weighted by Crippen LogP contribution is -2.40. The molecule has 0 spiro atoms. The Morgan fingerprint density at radius 1 is 1.19 bits per heavy atom. The molecule has 2 fully saturated rings. The lowest BCUT2D eigenvalue weighted by atomic mass is 10.0. The number of hydrogen-bond acceptors (Lipinski definition) is 8. The van der Waals surface area contributed by atoms with Gasteiger partial charge in [-0.1, -0.05) is 12.1 Å². The first-order chi connectivity index (χ1) is 17.5. The molecule has 36 heavy (non-hydrogen) atoms. The van der Waals surface area contributed by atoms with Crippen LogP contribution in [0.2, 0.25) is 0 Å². The molecule has 184 valence electrons. The minimum atomic E-state index is -1.14. The number of amides is 3. The SMILES string of the molecule is N#CC(C(=O)NCC(=O)NC1CC1)c1nc2ncc(-c3cccc(C(=O)N4CCOCC4)c3)cc2s1. The predicted octanol–water partition coefficient (Wildman–Crippen LogP) is 1.83. The van der Waals surface area contributed by atoms with Gasteiger partial charge in [-0.25, -0.2) is 9.97 Å². The van der Waals surface area contributed by atoms with Gasteiger partial charge in [0, 0.05) is 36.5 Å². The molecule has 1 saturated heterocycles. The van der Waals surface area contributed by atoms with Crippen molar-refractivity contribution >= 4 is 39.4 Å². The molecule has 1 atom stereocenters. The zero-order chi connectivity index (χ0) is 25.1. The van der Waals surface area contributed by atoms with Crippen LogP contribution in [0.15, 0.2) is 36.5 Å². The number of thiazole rings is 1. The summed E-state index contributed by atoms with van der Waals surface area (Å²) in [4.78, 5) is 47.9. The van der Waals surface area contributed by atoms with Gasteiger partial charge in [-0.05, 0) is 36.6 Å². The highest BCUT2D eigenvalue weighted by atomic mass is 32.1. The van der Waals surface area contributed by atoms with Crippen LogP contribution in [0.1, 0.15) is 34.1 Å². The summed E-state index contributed by atoms with van der Waals surface area (Å²) in [6.45, 7) is 2.03. The maximum absolute atomic E-state index is 12.9. The Hall–Kier alpha value is -3.88. The number of pyridine rings is 1. The Morgan fingerprint density at radius 2 is 2.00 bits per heavy atom. The molecular formula is C25H24N6O4S. The molecule has 3 heterocycles. The zero-order valence-corrected chi connectivity index (χ0v) is 20.2. The number of carbonyl (C=O) groups excluding carboxylic acids is 3. The van der Waals surface area contributed by atoms with Crippen molar-refractivity contribution in [1.29, 1.82) is 5.26 Å². The van der Waals surface area contributed by atoms with Crippen molar-refractivity contribution in [2.24, 2.45) is 0 Å². The quantitative estimate of drug-likeness (QED) is 0.501. The Kier molecular flexibility index (Phi) is 6.88. The summed E-state index contributed by atoms with van der Waals surface area (Å²) in [6, 6.07) is 11.4. The number of hydrogen-bond donors (Lipinski definition) is 2. The van der Waals surface area contributed by atoms with Crippen LogP contribution in [-0.4, -0.2) is 71.5 Å². The highest BCUT2D eigenvalue weighted by Crippen LogP contribution is 2.30. The van der Waals surface area contributed by atoms with Gasteiger partial charge in [0.2, 0.25) is 11.8 Å². The van der Waals surface area contributed by atoms with Crippen molar-refractivity contribution < 1.29 is 19.1 Å². The third-order valence-corrected chi connectivity index (χ3v) is 7.07. The number of carbonyl (C=O) groups is 3. The molecule has 2 N–H and O–H groups in total. The standard InChI is InChI=1S/C25H24N6O4S/c26-12-19(23(33)28-14-21(32)29-18-4-5-18)24-30-22-20(36-24)11-17(13-27-22)15-2-1-3-16(10-15)25(34)31-6-8-35-9-7-31/h1-3,10-11,13,18-19H,4-9,14H2,(H,28,33)(H,29,32). The summed E-state index contributed by atoms with van der Waals surface area (Å²) >= 11 is 1.21. The number of nitrogens with zero attached hydrogens (tertiary/aromatic N) is 4. The van der Waals surface area contributed by atoms with E-state index in [1.54, 1.807) is 17.2 Å². The van der Waals surface area contributed by atoms with E-state index < -0.39 is 11.8 Å². The fourth-order valence-corrected chi connectivity index (χ4v) is 4.91. The molecule has 11 heteroatoms. The van der Waals surface area contributed by atoms with E-state index in [-0.39, 0.29) is 24.4 Å². The number of aromatic nitrogens is 2. The van der Waals surface area contributed by atoms with E-state index in [9.17, 15) is 19.6 Å². The van der Waals surface area contributed by atoms with Crippen molar-refractivity contribution in [1.82, 2.24) is 25.5 Å². The highest BCUT2D eigenvalue weighted by Gasteiger charge is 2.27. The molecule has 3 amide bonds. The third kappa shape index (κ3) is 5.35. The summed E-state index contributed by atoms with van der Waals surface area (Å²) in [5, 5.41) is 15.2. The van der Waals surface area contributed by atoms with Gasteiger partial charge in [0.05, 0.1) is 30.5 Å². The molecule has 2 aromatic heterocycles. The molecule has 1 aliphatic carbocycles. The second-order valence-electron chi connectivity index (χ2n) is 8.70. The number of rotatable bonds is 7. The van der Waals surface area contributed by atoms with Gasteiger partial charge in [0.25, 0.3) is 5.91 Å². The Morgan fingerprint density at radius 3 is 2.75 bits per heavy atom. The van der Waals surface area contributed by atoms with E-state index in [1.807, 2.05) is 30.3 Å². The van der Waals surface area contributed by atoms with Gasteiger partial charge in [-0.3, -0.25) is 14.4 Å². The first kappa shape index (κ1) is 23.8. The number of benzene rings is 1. The normalized spacial score (nSPS) is 16.2. The van der Waals surface area contributed by atoms with Crippen LogP contribution in [0.25, 0.3) is 21.5 Å². The number of nitrogens with one attached hydrogen (secondary N) is 2. The fourth-order valence-electron chi connectivity index (χ4n) is 3.90. The van der Waals surface area contributed by atoms with E-state index >= 15 is 0 Å². The number of morpholine rings is 1. The molecule has 10 nitrogen and oxygen atoms in total. The van der Waals surface area contributed by atoms with Crippen LogP contribution in [0.3, 0.4) is 0 Å². The first-order valence-electron chi connectivity index (χ1n) is 11.7. The molecule has 2 aliphatic rings. The topological polar surface area (TPSA) is 137 Å². The summed E-state index contributed by atoms with van der Waals surface area (Å²) in [5.74, 6) is -2.02. The lowest BCUT2D eigenvalue weighted by molar-refractivity contribution is -0.126. The maximum Gasteiger partial charge on any atom is 0.254 e. The molecule has 0 radical (unpaired) electrons. The summed E-state index contributed by atoms with van der Waals surface area (Å²) in [7, 11) is 0. The van der Waals surface area contributed by atoms with Crippen LogP contribution in [0.5, 0.6) is 0 Å². The molecular weight excluding hydrogens is 480 g/mol. The second kappa shape index (κ2) is 10.4. The van der Waals surface area contributed by atoms with Crippen LogP contribution >= 0.6 is 11.3 Å². The minimum Gasteiger partial charge on any atom is -0.378 e. The summed E-state index contributed by atoms with van der Waals surface area (Å²) < 4.78 is 6.05. The van der Waals surface area contributed by atoms with Crippen molar-refractivity contribution in [3.8, 4) is 17.2 Å². The Balaban J connectivity index is 1.32. The number of fused-ring (bicyclic) bond motifs is 1. The van der Waals surface area contributed by atoms with E-state index in [0.717, 1.165) is 24.0 Å². The van der Waals surface area contributed by atoms with Crippen molar-refractivity contribution in [2.45, 2.75) is 24.8 Å². The molecule has 3 aromatic rings. The van der Waals surface area contributed by atoms with Crippen LogP contribution in [-0.2, 0) is 14.3 Å². The fraction of sp³-hybridized carbons (Fsp3) is 0.360. The van der Waals surface area contributed by atoms with E-state index in [1.165, 1.54) is 11.3 Å². The number of ether oxygens (including phenoxy) is 1. The average molecular weight is 505 g/mol. The molecule has 1 aromatic carbocycles.